The number of piperidine rings is 1. The Morgan fingerprint density at radius 3 is 1.95 bits per heavy atom. The molecule has 3 aromatic rings. The van der Waals surface area contributed by atoms with Crippen LogP contribution in [0.15, 0.2) is 91.0 Å². The van der Waals surface area contributed by atoms with Gasteiger partial charge in [0, 0.05) is 31.7 Å². The highest BCUT2D eigenvalue weighted by Crippen LogP contribution is 2.32. The quantitative estimate of drug-likeness (QED) is 0.335. The summed E-state index contributed by atoms with van der Waals surface area (Å²) in [5.74, 6) is 0. The molecule has 1 aliphatic heterocycles. The van der Waals surface area contributed by atoms with E-state index in [4.69, 9.17) is 4.74 Å². The largest absolute Gasteiger partial charge is 0.444 e. The lowest BCUT2D eigenvalue weighted by Crippen LogP contribution is -2.50. The van der Waals surface area contributed by atoms with E-state index in [1.807, 2.05) is 68.1 Å². The number of carbonyl (C=O) groups excluding carboxylic acids is 1. The lowest BCUT2D eigenvalue weighted by atomic mass is 9.89. The molecule has 38 heavy (non-hydrogen) atoms. The van der Waals surface area contributed by atoms with Crippen molar-refractivity contribution >= 4 is 6.09 Å². The maximum absolute atomic E-state index is 13.2. The number of amides is 1. The van der Waals surface area contributed by atoms with Gasteiger partial charge in [-0.25, -0.2) is 4.79 Å². The highest BCUT2D eigenvalue weighted by molar-refractivity contribution is 5.68. The van der Waals surface area contributed by atoms with E-state index < -0.39 is 11.7 Å². The average Bonchev–Trinajstić information content (AvgIpc) is 2.92. The molecule has 3 aromatic carbocycles. The summed E-state index contributed by atoms with van der Waals surface area (Å²) in [7, 11) is 0. The van der Waals surface area contributed by atoms with E-state index in [-0.39, 0.29) is 18.2 Å². The van der Waals surface area contributed by atoms with Gasteiger partial charge in [-0.1, -0.05) is 91.0 Å². The first-order chi connectivity index (χ1) is 18.3. The van der Waals surface area contributed by atoms with Crippen molar-refractivity contribution in [2.24, 2.45) is 0 Å². The second kappa shape index (κ2) is 13.1. The second-order valence-electron chi connectivity index (χ2n) is 11.4. The zero-order valence-electron chi connectivity index (χ0n) is 23.0. The molecule has 0 radical (unpaired) electrons. The van der Waals surface area contributed by atoms with E-state index in [0.717, 1.165) is 24.8 Å². The molecule has 3 atom stereocenters. The summed E-state index contributed by atoms with van der Waals surface area (Å²) in [6.45, 7) is 7.81. The molecule has 0 aromatic heterocycles. The lowest BCUT2D eigenvalue weighted by molar-refractivity contribution is -0.0115. The van der Waals surface area contributed by atoms with Crippen molar-refractivity contribution in [3.63, 3.8) is 0 Å². The molecule has 1 N–H and O–H groups in total. The number of aliphatic hydroxyl groups excluding tert-OH is 1. The SMILES string of the molecule is CC(C)(C)OC(=O)N1CCCC[C@H]1CC(C(O)c1ccccc1)N(Cc1ccccc1)Cc1ccccc1. The first-order valence-electron chi connectivity index (χ1n) is 13.8. The van der Waals surface area contributed by atoms with Crippen LogP contribution in [-0.4, -0.2) is 45.2 Å². The second-order valence-corrected chi connectivity index (χ2v) is 11.4. The third-order valence-electron chi connectivity index (χ3n) is 7.20. The van der Waals surface area contributed by atoms with Crippen molar-refractivity contribution in [1.82, 2.24) is 9.80 Å². The van der Waals surface area contributed by atoms with Crippen LogP contribution in [0, 0.1) is 0 Å². The fraction of sp³-hybridized carbons (Fsp3) is 0.424. The van der Waals surface area contributed by atoms with Crippen LogP contribution >= 0.6 is 0 Å². The summed E-state index contributed by atoms with van der Waals surface area (Å²) in [4.78, 5) is 17.5. The molecule has 4 rings (SSSR count). The van der Waals surface area contributed by atoms with E-state index in [2.05, 4.69) is 53.4 Å². The van der Waals surface area contributed by atoms with E-state index >= 15 is 0 Å². The van der Waals surface area contributed by atoms with Crippen molar-refractivity contribution in [1.29, 1.82) is 0 Å². The number of hydrogen-bond acceptors (Lipinski definition) is 4. The molecule has 0 spiro atoms. The monoisotopic (exact) mass is 514 g/mol. The van der Waals surface area contributed by atoms with Gasteiger partial charge in [-0.3, -0.25) is 4.90 Å². The van der Waals surface area contributed by atoms with Crippen molar-refractivity contribution < 1.29 is 14.6 Å². The van der Waals surface area contributed by atoms with Gasteiger partial charge in [0.15, 0.2) is 0 Å². The highest BCUT2D eigenvalue weighted by atomic mass is 16.6. The molecule has 0 bridgehead atoms. The van der Waals surface area contributed by atoms with Gasteiger partial charge in [-0.05, 0) is 63.1 Å². The summed E-state index contributed by atoms with van der Waals surface area (Å²) >= 11 is 0. The molecular formula is C33H42N2O3. The predicted octanol–water partition coefficient (Wildman–Crippen LogP) is 6.97. The Morgan fingerprint density at radius 1 is 0.895 bits per heavy atom. The average molecular weight is 515 g/mol. The van der Waals surface area contributed by atoms with Gasteiger partial charge >= 0.3 is 6.09 Å². The first-order valence-corrected chi connectivity index (χ1v) is 13.8. The number of aliphatic hydroxyl groups is 1. The normalized spacial score (nSPS) is 17.7. The Balaban J connectivity index is 1.68. The van der Waals surface area contributed by atoms with Gasteiger partial charge in [0.25, 0.3) is 0 Å². The van der Waals surface area contributed by atoms with E-state index in [9.17, 15) is 9.90 Å². The van der Waals surface area contributed by atoms with Crippen LogP contribution in [0.5, 0.6) is 0 Å². The number of nitrogens with zero attached hydrogens (tertiary/aromatic N) is 2. The summed E-state index contributed by atoms with van der Waals surface area (Å²) in [5, 5.41) is 11.9. The van der Waals surface area contributed by atoms with Gasteiger partial charge in [0.1, 0.15) is 5.60 Å². The Morgan fingerprint density at radius 2 is 1.42 bits per heavy atom. The van der Waals surface area contributed by atoms with Crippen LogP contribution in [0.25, 0.3) is 0 Å². The topological polar surface area (TPSA) is 53.0 Å². The van der Waals surface area contributed by atoms with Gasteiger partial charge in [0.05, 0.1) is 6.10 Å². The zero-order chi connectivity index (χ0) is 27.0. The smallest absolute Gasteiger partial charge is 0.410 e. The molecule has 0 saturated carbocycles. The van der Waals surface area contributed by atoms with Crippen LogP contribution in [-0.2, 0) is 17.8 Å². The Labute approximate surface area is 228 Å². The number of carbonyl (C=O) groups is 1. The van der Waals surface area contributed by atoms with E-state index in [1.54, 1.807) is 0 Å². The zero-order valence-corrected chi connectivity index (χ0v) is 23.0. The standard InChI is InChI=1S/C33H42N2O3/c1-33(2,3)38-32(37)35-22-14-13-21-29(35)23-30(31(36)28-19-11-6-12-20-28)34(24-26-15-7-4-8-16-26)25-27-17-9-5-10-18-27/h4-12,15-20,29-31,36H,13-14,21-25H2,1-3H3/t29-,30?,31?/m0/s1. The van der Waals surface area contributed by atoms with Crippen molar-refractivity contribution in [3.8, 4) is 0 Å². The highest BCUT2D eigenvalue weighted by Gasteiger charge is 2.36. The Hall–Kier alpha value is -3.15. The summed E-state index contributed by atoms with van der Waals surface area (Å²) < 4.78 is 5.80. The fourth-order valence-corrected chi connectivity index (χ4v) is 5.36. The number of benzene rings is 3. The first kappa shape index (κ1) is 27.9. The number of hydrogen-bond donors (Lipinski definition) is 1. The molecule has 1 saturated heterocycles. The molecule has 202 valence electrons. The molecule has 5 heteroatoms. The van der Waals surface area contributed by atoms with Crippen LogP contribution in [0.1, 0.15) is 69.2 Å². The van der Waals surface area contributed by atoms with Gasteiger partial charge < -0.3 is 14.7 Å². The summed E-state index contributed by atoms with van der Waals surface area (Å²) in [6, 6.07) is 30.5. The molecule has 1 fully saturated rings. The number of rotatable bonds is 9. The molecular weight excluding hydrogens is 472 g/mol. The summed E-state index contributed by atoms with van der Waals surface area (Å²) in [5.41, 5.74) is 2.74. The summed E-state index contributed by atoms with van der Waals surface area (Å²) in [6.07, 6.45) is 2.64. The maximum atomic E-state index is 13.2. The van der Waals surface area contributed by atoms with Crippen molar-refractivity contribution in [2.75, 3.05) is 6.54 Å². The van der Waals surface area contributed by atoms with Crippen LogP contribution in [0.2, 0.25) is 0 Å². The van der Waals surface area contributed by atoms with Crippen LogP contribution in [0.3, 0.4) is 0 Å². The predicted molar refractivity (Wildman–Crippen MR) is 153 cm³/mol. The van der Waals surface area contributed by atoms with E-state index in [1.165, 1.54) is 11.1 Å². The maximum Gasteiger partial charge on any atom is 0.410 e. The van der Waals surface area contributed by atoms with Gasteiger partial charge in [-0.15, -0.1) is 0 Å². The minimum atomic E-state index is -0.703. The van der Waals surface area contributed by atoms with Crippen molar-refractivity contribution in [3.05, 3.63) is 108 Å². The number of ether oxygens (including phenoxy) is 1. The minimum absolute atomic E-state index is 0.00370. The third kappa shape index (κ3) is 7.92. The molecule has 2 unspecified atom stereocenters. The lowest BCUT2D eigenvalue weighted by Gasteiger charge is -2.42. The Kier molecular flexibility index (Phi) is 9.59. The molecule has 1 aliphatic rings. The van der Waals surface area contributed by atoms with Crippen LogP contribution in [0.4, 0.5) is 4.79 Å². The van der Waals surface area contributed by atoms with E-state index in [0.29, 0.717) is 26.1 Å². The van der Waals surface area contributed by atoms with Crippen LogP contribution < -0.4 is 0 Å². The van der Waals surface area contributed by atoms with Gasteiger partial charge in [-0.2, -0.15) is 0 Å². The molecule has 0 aliphatic carbocycles. The molecule has 1 amide bonds. The minimum Gasteiger partial charge on any atom is -0.444 e. The molecule has 1 heterocycles. The molecule has 5 nitrogen and oxygen atoms in total. The Bertz CT molecular complexity index is 1070. The van der Waals surface area contributed by atoms with Gasteiger partial charge in [0.2, 0.25) is 0 Å². The van der Waals surface area contributed by atoms with Crippen molar-refractivity contribution in [2.45, 2.75) is 83.3 Å². The third-order valence-corrected chi connectivity index (χ3v) is 7.20. The fourth-order valence-electron chi connectivity index (χ4n) is 5.36. The number of likely N-dealkylation sites (tertiary alicyclic amines) is 1.